The number of amides is 1. The van der Waals surface area contributed by atoms with Crippen LogP contribution in [0.5, 0.6) is 0 Å². The zero-order chi connectivity index (χ0) is 14.7. The highest BCUT2D eigenvalue weighted by atomic mass is 35.5. The van der Waals surface area contributed by atoms with Gasteiger partial charge in [0, 0.05) is 5.92 Å². The van der Waals surface area contributed by atoms with Gasteiger partial charge < -0.3 is 5.32 Å². The minimum atomic E-state index is 0.0254. The molecule has 1 fully saturated rings. The summed E-state index contributed by atoms with van der Waals surface area (Å²) in [5.74, 6) is 0.0765. The molecule has 0 aliphatic heterocycles. The van der Waals surface area contributed by atoms with Crippen LogP contribution < -0.4 is 5.32 Å². The maximum Gasteiger partial charge on any atom is 0.230 e. The van der Waals surface area contributed by atoms with Crippen LogP contribution in [-0.2, 0) is 4.79 Å². The van der Waals surface area contributed by atoms with Crippen molar-refractivity contribution in [1.29, 1.82) is 0 Å². The van der Waals surface area contributed by atoms with E-state index in [2.05, 4.69) is 38.0 Å². The summed E-state index contributed by atoms with van der Waals surface area (Å²) in [6.07, 6.45) is 0. The largest absolute Gasteiger partial charge is 0.302 e. The quantitative estimate of drug-likeness (QED) is 0.883. The van der Waals surface area contributed by atoms with Gasteiger partial charge in [-0.25, -0.2) is 4.98 Å². The van der Waals surface area contributed by atoms with Gasteiger partial charge >= 0.3 is 0 Å². The van der Waals surface area contributed by atoms with Crippen LogP contribution in [0.15, 0.2) is 18.2 Å². The summed E-state index contributed by atoms with van der Waals surface area (Å²) in [6.45, 7) is 8.53. The molecular formula is C15H17ClN2OS. The summed E-state index contributed by atoms with van der Waals surface area (Å²) < 4.78 is 0.988. The summed E-state index contributed by atoms with van der Waals surface area (Å²) in [6, 6.07) is 5.66. The van der Waals surface area contributed by atoms with Gasteiger partial charge in [0.05, 0.1) is 9.72 Å². The Morgan fingerprint density at radius 3 is 2.50 bits per heavy atom. The molecule has 1 saturated carbocycles. The SMILES string of the molecule is CC1(C)C(C(=O)Nc2nc3c(Cl)cccc3s2)C1(C)C. The molecule has 5 heteroatoms. The number of benzene rings is 1. The second kappa shape index (κ2) is 4.18. The molecule has 1 aromatic carbocycles. The molecule has 3 rings (SSSR count). The lowest BCUT2D eigenvalue weighted by atomic mass is 10.0. The number of carbonyl (C=O) groups excluding carboxylic acids is 1. The number of hydrogen-bond acceptors (Lipinski definition) is 3. The van der Waals surface area contributed by atoms with Crippen molar-refractivity contribution >= 4 is 44.2 Å². The van der Waals surface area contributed by atoms with Crippen molar-refractivity contribution in [2.75, 3.05) is 5.32 Å². The number of nitrogens with zero attached hydrogens (tertiary/aromatic N) is 1. The van der Waals surface area contributed by atoms with Gasteiger partial charge in [-0.05, 0) is 23.0 Å². The molecule has 20 heavy (non-hydrogen) atoms. The van der Waals surface area contributed by atoms with Gasteiger partial charge in [-0.15, -0.1) is 0 Å². The van der Waals surface area contributed by atoms with Crippen LogP contribution in [0.2, 0.25) is 5.02 Å². The highest BCUT2D eigenvalue weighted by Crippen LogP contribution is 2.68. The normalized spacial score (nSPS) is 20.1. The molecule has 3 nitrogen and oxygen atoms in total. The zero-order valence-corrected chi connectivity index (χ0v) is 13.5. The number of para-hydroxylation sites is 1. The summed E-state index contributed by atoms with van der Waals surface area (Å²) in [4.78, 5) is 16.8. The van der Waals surface area contributed by atoms with Crippen LogP contribution in [0, 0.1) is 16.7 Å². The van der Waals surface area contributed by atoms with Gasteiger partial charge in [-0.1, -0.05) is 56.7 Å². The Morgan fingerprint density at radius 1 is 1.30 bits per heavy atom. The first-order chi connectivity index (χ1) is 9.25. The third-order valence-electron chi connectivity index (χ3n) is 4.88. The number of carbonyl (C=O) groups is 1. The van der Waals surface area contributed by atoms with Gasteiger partial charge in [0.1, 0.15) is 5.52 Å². The van der Waals surface area contributed by atoms with E-state index in [1.807, 2.05) is 18.2 Å². The number of fused-ring (bicyclic) bond motifs is 1. The maximum absolute atomic E-state index is 12.4. The zero-order valence-electron chi connectivity index (χ0n) is 12.0. The molecule has 106 valence electrons. The fourth-order valence-corrected chi connectivity index (χ4v) is 4.17. The lowest BCUT2D eigenvalue weighted by molar-refractivity contribution is -0.118. The van der Waals surface area contributed by atoms with Crippen molar-refractivity contribution in [3.63, 3.8) is 0 Å². The number of aromatic nitrogens is 1. The Morgan fingerprint density at radius 2 is 1.95 bits per heavy atom. The van der Waals surface area contributed by atoms with Gasteiger partial charge in [0.2, 0.25) is 5.91 Å². The molecule has 1 N–H and O–H groups in total. The molecule has 0 radical (unpaired) electrons. The highest BCUT2D eigenvalue weighted by Gasteiger charge is 2.68. The van der Waals surface area contributed by atoms with Crippen LogP contribution in [-0.4, -0.2) is 10.9 Å². The first-order valence-corrected chi connectivity index (χ1v) is 7.80. The van der Waals surface area contributed by atoms with Crippen molar-refractivity contribution in [2.24, 2.45) is 16.7 Å². The molecule has 0 spiro atoms. The van der Waals surface area contributed by atoms with E-state index in [4.69, 9.17) is 11.6 Å². The summed E-state index contributed by atoms with van der Waals surface area (Å²) >= 11 is 7.56. The minimum absolute atomic E-state index is 0.0254. The minimum Gasteiger partial charge on any atom is -0.302 e. The lowest BCUT2D eigenvalue weighted by Gasteiger charge is -2.03. The van der Waals surface area contributed by atoms with Crippen molar-refractivity contribution < 1.29 is 4.79 Å². The molecule has 1 aliphatic carbocycles. The van der Waals surface area contributed by atoms with Crippen molar-refractivity contribution in [1.82, 2.24) is 4.98 Å². The number of nitrogens with one attached hydrogen (secondary N) is 1. The smallest absolute Gasteiger partial charge is 0.230 e. The first kappa shape index (κ1) is 13.8. The van der Waals surface area contributed by atoms with Crippen molar-refractivity contribution in [3.8, 4) is 0 Å². The molecule has 0 saturated heterocycles. The molecule has 0 bridgehead atoms. The molecule has 0 unspecified atom stereocenters. The molecule has 0 atom stereocenters. The van der Waals surface area contributed by atoms with Gasteiger partial charge in [0.25, 0.3) is 0 Å². The molecule has 1 aliphatic rings. The van der Waals surface area contributed by atoms with E-state index in [9.17, 15) is 4.79 Å². The van der Waals surface area contributed by atoms with E-state index in [0.29, 0.717) is 10.2 Å². The van der Waals surface area contributed by atoms with E-state index in [1.54, 1.807) is 0 Å². The lowest BCUT2D eigenvalue weighted by Crippen LogP contribution is -2.17. The third kappa shape index (κ3) is 1.85. The van der Waals surface area contributed by atoms with Crippen LogP contribution in [0.4, 0.5) is 5.13 Å². The van der Waals surface area contributed by atoms with E-state index in [0.717, 1.165) is 10.2 Å². The summed E-state index contributed by atoms with van der Waals surface area (Å²) in [5, 5.41) is 4.18. The van der Waals surface area contributed by atoms with E-state index in [-0.39, 0.29) is 22.7 Å². The average Bonchev–Trinajstić information content (AvgIpc) is 2.64. The van der Waals surface area contributed by atoms with E-state index < -0.39 is 0 Å². The predicted octanol–water partition coefficient (Wildman–Crippen LogP) is 4.57. The fraction of sp³-hybridized carbons (Fsp3) is 0.467. The summed E-state index contributed by atoms with van der Waals surface area (Å²) in [7, 11) is 0. The molecule has 1 aromatic heterocycles. The molecule has 2 aromatic rings. The van der Waals surface area contributed by atoms with Crippen LogP contribution in [0.25, 0.3) is 10.2 Å². The number of hydrogen-bond donors (Lipinski definition) is 1. The van der Waals surface area contributed by atoms with Crippen molar-refractivity contribution in [3.05, 3.63) is 23.2 Å². The van der Waals surface area contributed by atoms with Gasteiger partial charge in [-0.3, -0.25) is 4.79 Å². The number of anilines is 1. The topological polar surface area (TPSA) is 42.0 Å². The van der Waals surface area contributed by atoms with Crippen LogP contribution >= 0.6 is 22.9 Å². The maximum atomic E-state index is 12.4. The Bertz CT molecular complexity index is 691. The predicted molar refractivity (Wildman–Crippen MR) is 84.3 cm³/mol. The highest BCUT2D eigenvalue weighted by molar-refractivity contribution is 7.22. The monoisotopic (exact) mass is 308 g/mol. The molecular weight excluding hydrogens is 292 g/mol. The number of halogens is 1. The van der Waals surface area contributed by atoms with Crippen molar-refractivity contribution in [2.45, 2.75) is 27.7 Å². The first-order valence-electron chi connectivity index (χ1n) is 6.61. The molecule has 1 heterocycles. The van der Waals surface area contributed by atoms with E-state index >= 15 is 0 Å². The Hall–Kier alpha value is -1.13. The van der Waals surface area contributed by atoms with Crippen LogP contribution in [0.3, 0.4) is 0 Å². The Labute approximate surface area is 127 Å². The van der Waals surface area contributed by atoms with Gasteiger partial charge in [-0.2, -0.15) is 0 Å². The Balaban J connectivity index is 1.84. The molecule has 1 amide bonds. The standard InChI is InChI=1S/C15H17ClN2OS/c1-14(2)11(15(14,3)4)12(19)18-13-17-10-8(16)6-5-7-9(10)20-13/h5-7,11H,1-4H3,(H,17,18,19). The summed E-state index contributed by atoms with van der Waals surface area (Å²) in [5.41, 5.74) is 0.820. The average molecular weight is 309 g/mol. The number of rotatable bonds is 2. The second-order valence-corrected chi connectivity index (χ2v) is 7.91. The third-order valence-corrected chi connectivity index (χ3v) is 6.12. The van der Waals surface area contributed by atoms with Gasteiger partial charge in [0.15, 0.2) is 5.13 Å². The number of thiazole rings is 1. The second-order valence-electron chi connectivity index (χ2n) is 6.47. The fourth-order valence-electron chi connectivity index (χ4n) is 3.00. The Kier molecular flexibility index (Phi) is 2.89. The van der Waals surface area contributed by atoms with E-state index in [1.165, 1.54) is 11.3 Å². The van der Waals surface area contributed by atoms with Crippen LogP contribution in [0.1, 0.15) is 27.7 Å².